The van der Waals surface area contributed by atoms with Gasteiger partial charge in [-0.05, 0) is 28.2 Å². The Kier molecular flexibility index (Phi) is 7.34. The van der Waals surface area contributed by atoms with E-state index in [2.05, 4.69) is 9.05 Å². The van der Waals surface area contributed by atoms with Crippen LogP contribution in [0.4, 0.5) is 26.3 Å². The maximum absolute atomic E-state index is 13.6. The summed E-state index contributed by atoms with van der Waals surface area (Å²) in [5.41, 5.74) is 0. The van der Waals surface area contributed by atoms with Gasteiger partial charge in [0.05, 0.1) is 0 Å². The van der Waals surface area contributed by atoms with Gasteiger partial charge in [-0.15, -0.1) is 0 Å². The molecule has 0 amide bonds. The van der Waals surface area contributed by atoms with Crippen molar-refractivity contribution in [3.8, 4) is 0 Å². The van der Waals surface area contributed by atoms with Crippen molar-refractivity contribution in [3.05, 3.63) is 0 Å². The van der Waals surface area contributed by atoms with Gasteiger partial charge in [-0.1, -0.05) is 0 Å². The van der Waals surface area contributed by atoms with Crippen LogP contribution in [0.25, 0.3) is 0 Å². The molecular weight excluding hydrogens is 440 g/mol. The molecule has 27 heavy (non-hydrogen) atoms. The Labute approximate surface area is 147 Å². The zero-order chi connectivity index (χ0) is 22.2. The summed E-state index contributed by atoms with van der Waals surface area (Å²) in [4.78, 5) is 40.2. The fraction of sp³-hybridized carbons (Fsp3) is 0.778. The standard InChI is InChI=1S/C9H14F6N2O8P2/c1-16(2)26(20,21)24-5(18)7(10,11)9(14,15)8(12,13)6(19)25-27(22,23)17(3)4/h1-4H3,(H,20,21)(H,22,23). The quantitative estimate of drug-likeness (QED) is 0.409. The third-order valence-corrected chi connectivity index (χ3v) is 5.55. The normalized spacial score (nSPS) is 18.0. The van der Waals surface area contributed by atoms with E-state index in [0.29, 0.717) is 28.2 Å². The summed E-state index contributed by atoms with van der Waals surface area (Å²) in [7, 11) is -7.96. The Morgan fingerprint density at radius 1 is 0.741 bits per heavy atom. The number of halogens is 6. The second-order valence-corrected chi connectivity index (χ2v) is 9.08. The average molecular weight is 454 g/mol. The van der Waals surface area contributed by atoms with Crippen molar-refractivity contribution in [2.75, 3.05) is 28.2 Å². The lowest BCUT2D eigenvalue weighted by molar-refractivity contribution is -0.296. The largest absolute Gasteiger partial charge is 0.460 e. The van der Waals surface area contributed by atoms with Gasteiger partial charge in [-0.2, -0.15) is 26.3 Å². The lowest BCUT2D eigenvalue weighted by Crippen LogP contribution is -2.61. The molecule has 10 nitrogen and oxygen atoms in total. The van der Waals surface area contributed by atoms with Gasteiger partial charge in [0, 0.05) is 0 Å². The minimum absolute atomic E-state index is 0.116. The molecule has 0 radical (unpaired) electrons. The minimum Gasteiger partial charge on any atom is -0.375 e. The summed E-state index contributed by atoms with van der Waals surface area (Å²) in [5.74, 6) is -27.0. The first-order valence-electron chi connectivity index (χ1n) is 6.27. The number of carbonyl (C=O) groups is 2. The molecule has 0 saturated heterocycles. The van der Waals surface area contributed by atoms with Gasteiger partial charge in [0.2, 0.25) is 0 Å². The van der Waals surface area contributed by atoms with Gasteiger partial charge in [0.25, 0.3) is 0 Å². The SMILES string of the molecule is CN(C)P(=O)(O)OC(=O)C(F)(F)C(F)(F)C(F)(F)C(=O)OP(=O)(O)N(C)C. The topological polar surface area (TPSA) is 134 Å². The molecular formula is C9H14F6N2O8P2. The molecule has 0 aromatic rings. The van der Waals surface area contributed by atoms with Gasteiger partial charge >= 0.3 is 45.2 Å². The summed E-state index contributed by atoms with van der Waals surface area (Å²) in [6, 6.07) is 0. The molecule has 160 valence electrons. The molecule has 0 rings (SSSR count). The van der Waals surface area contributed by atoms with Gasteiger partial charge < -0.3 is 18.8 Å². The van der Waals surface area contributed by atoms with Crippen LogP contribution >= 0.6 is 15.5 Å². The molecule has 2 atom stereocenters. The van der Waals surface area contributed by atoms with E-state index in [1.165, 1.54) is 0 Å². The molecule has 0 bridgehead atoms. The maximum atomic E-state index is 13.6. The molecule has 0 aromatic carbocycles. The first-order valence-corrected chi connectivity index (χ1v) is 9.33. The van der Waals surface area contributed by atoms with E-state index in [0.717, 1.165) is 0 Å². The van der Waals surface area contributed by atoms with Crippen molar-refractivity contribution in [2.24, 2.45) is 0 Å². The number of hydrogen-bond donors (Lipinski definition) is 2. The lowest BCUT2D eigenvalue weighted by atomic mass is 10.1. The Morgan fingerprint density at radius 3 is 1.15 bits per heavy atom. The summed E-state index contributed by atoms with van der Waals surface area (Å²) >= 11 is 0. The smallest absolute Gasteiger partial charge is 0.375 e. The van der Waals surface area contributed by atoms with Crippen molar-refractivity contribution >= 4 is 27.4 Å². The van der Waals surface area contributed by atoms with E-state index in [1.54, 1.807) is 0 Å². The molecule has 0 aromatic heterocycles. The fourth-order valence-corrected chi connectivity index (χ4v) is 1.94. The van der Waals surface area contributed by atoms with Crippen LogP contribution in [0.5, 0.6) is 0 Å². The molecule has 0 saturated carbocycles. The first kappa shape index (κ1) is 25.8. The highest BCUT2D eigenvalue weighted by Gasteiger charge is 2.80. The van der Waals surface area contributed by atoms with Gasteiger partial charge in [-0.25, -0.2) is 28.1 Å². The minimum atomic E-state index is -6.87. The summed E-state index contributed by atoms with van der Waals surface area (Å²) < 4.78 is 110. The molecule has 0 fully saturated rings. The molecule has 18 heteroatoms. The molecule has 0 aliphatic rings. The summed E-state index contributed by atoms with van der Waals surface area (Å²) in [5, 5.41) is 0. The first-order chi connectivity index (χ1) is 11.6. The highest BCUT2D eigenvalue weighted by molar-refractivity contribution is 7.51. The Balaban J connectivity index is 5.85. The highest BCUT2D eigenvalue weighted by Crippen LogP contribution is 2.53. The highest BCUT2D eigenvalue weighted by atomic mass is 31.2. The second-order valence-electron chi connectivity index (χ2n) is 5.16. The van der Waals surface area contributed by atoms with E-state index in [1.807, 2.05) is 0 Å². The molecule has 0 aliphatic carbocycles. The molecule has 2 N–H and O–H groups in total. The van der Waals surface area contributed by atoms with Crippen LogP contribution in [0.15, 0.2) is 0 Å². The zero-order valence-corrected chi connectivity index (χ0v) is 15.7. The van der Waals surface area contributed by atoms with E-state index in [9.17, 15) is 45.1 Å². The van der Waals surface area contributed by atoms with E-state index in [-0.39, 0.29) is 9.34 Å². The second kappa shape index (κ2) is 7.68. The van der Waals surface area contributed by atoms with Gasteiger partial charge in [0.15, 0.2) is 0 Å². The number of hydrogen-bond acceptors (Lipinski definition) is 6. The molecule has 0 heterocycles. The van der Waals surface area contributed by atoms with E-state index >= 15 is 0 Å². The maximum Gasteiger partial charge on any atom is 0.460 e. The van der Waals surface area contributed by atoms with Crippen molar-refractivity contribution in [1.29, 1.82) is 0 Å². The van der Waals surface area contributed by atoms with Crippen molar-refractivity contribution in [3.63, 3.8) is 0 Å². The monoisotopic (exact) mass is 454 g/mol. The Hall–Kier alpha value is -1.18. The number of nitrogens with zero attached hydrogens (tertiary/aromatic N) is 2. The Morgan fingerprint density at radius 2 is 0.963 bits per heavy atom. The molecule has 0 aliphatic heterocycles. The molecule has 2 unspecified atom stereocenters. The third kappa shape index (κ3) is 5.00. The number of carbonyl (C=O) groups excluding carboxylic acids is 2. The third-order valence-electron chi connectivity index (χ3n) is 2.72. The van der Waals surface area contributed by atoms with Crippen molar-refractivity contribution < 1.29 is 63.9 Å². The van der Waals surface area contributed by atoms with Crippen LogP contribution < -0.4 is 0 Å². The Bertz CT molecular complexity index is 644. The summed E-state index contributed by atoms with van der Waals surface area (Å²) in [6.07, 6.45) is 0. The lowest BCUT2D eigenvalue weighted by Gasteiger charge is -2.31. The van der Waals surface area contributed by atoms with Crippen molar-refractivity contribution in [2.45, 2.75) is 17.8 Å². The van der Waals surface area contributed by atoms with Gasteiger partial charge in [-0.3, -0.25) is 0 Å². The number of rotatable bonds is 8. The van der Waals surface area contributed by atoms with Crippen LogP contribution in [0.3, 0.4) is 0 Å². The van der Waals surface area contributed by atoms with Crippen LogP contribution in [0.1, 0.15) is 0 Å². The van der Waals surface area contributed by atoms with Crippen molar-refractivity contribution in [1.82, 2.24) is 9.34 Å². The van der Waals surface area contributed by atoms with Crippen LogP contribution in [-0.4, -0.2) is 77.0 Å². The predicted octanol–water partition coefficient (Wildman–Crippen LogP) is 1.30. The van der Waals surface area contributed by atoms with E-state index < -0.39 is 45.2 Å². The molecule has 0 spiro atoms. The van der Waals surface area contributed by atoms with E-state index in [4.69, 9.17) is 9.79 Å². The van der Waals surface area contributed by atoms with Crippen LogP contribution in [0.2, 0.25) is 0 Å². The zero-order valence-electron chi connectivity index (χ0n) is 13.9. The van der Waals surface area contributed by atoms with Gasteiger partial charge in [0.1, 0.15) is 0 Å². The van der Waals surface area contributed by atoms with Crippen LogP contribution in [-0.2, 0) is 27.8 Å². The summed E-state index contributed by atoms with van der Waals surface area (Å²) in [6.45, 7) is 0. The number of alkyl halides is 6. The fourth-order valence-electron chi connectivity index (χ4n) is 0.947. The van der Waals surface area contributed by atoms with Crippen LogP contribution in [0, 0.1) is 0 Å². The predicted molar refractivity (Wildman–Crippen MR) is 74.0 cm³/mol. The average Bonchev–Trinajstić information content (AvgIpc) is 2.45.